The molecule has 0 amide bonds. The van der Waals surface area contributed by atoms with Crippen LogP contribution >= 0.6 is 12.4 Å². The average molecular weight is 500 g/mol. The summed E-state index contributed by atoms with van der Waals surface area (Å²) in [4.78, 5) is 23.0. The predicted octanol–water partition coefficient (Wildman–Crippen LogP) is 4.88. The van der Waals surface area contributed by atoms with E-state index in [4.69, 9.17) is 0 Å². The molecule has 4 N–H and O–H groups in total. The Balaban J connectivity index is 0.00000342. The van der Waals surface area contributed by atoms with E-state index in [9.17, 15) is 23.5 Å². The highest BCUT2D eigenvalue weighted by Crippen LogP contribution is 2.28. The maximum absolute atomic E-state index is 13.6. The van der Waals surface area contributed by atoms with Crippen LogP contribution in [0.1, 0.15) is 29.7 Å². The summed E-state index contributed by atoms with van der Waals surface area (Å²) >= 11 is 0. The average Bonchev–Trinajstić information content (AvgIpc) is 2.83. The van der Waals surface area contributed by atoms with Gasteiger partial charge in [-0.3, -0.25) is 14.9 Å². The highest BCUT2D eigenvalue weighted by atomic mass is 35.5. The number of anilines is 3. The highest BCUT2D eigenvalue weighted by molar-refractivity contribution is 5.85. The van der Waals surface area contributed by atoms with Gasteiger partial charge >= 0.3 is 0 Å². The van der Waals surface area contributed by atoms with Crippen molar-refractivity contribution >= 4 is 29.5 Å². The van der Waals surface area contributed by atoms with Crippen molar-refractivity contribution in [1.29, 1.82) is 0 Å². The van der Waals surface area contributed by atoms with E-state index in [0.29, 0.717) is 11.4 Å². The molecule has 35 heavy (non-hydrogen) atoms. The van der Waals surface area contributed by atoms with Crippen molar-refractivity contribution in [3.8, 4) is 5.75 Å². The standard InChI is InChI=1S/C26H23F2N3O3.ClH/c1-14-6-8-16(9-7-14)22(30-15(2)29-19-10-11-20(27)21(28)13-19)17-4-3-5-18(12-17)31-23-24(32)26(34)25(23)33;/h3-13,15,22,29-32H,1-2H3;1H/t15-,22?;/m0./s1. The summed E-state index contributed by atoms with van der Waals surface area (Å²) in [6.07, 6.45) is -0.342. The number of halogens is 3. The van der Waals surface area contributed by atoms with Crippen LogP contribution in [0, 0.1) is 18.6 Å². The SMILES string of the molecule is Cc1ccc(C(N[C@@H](C)Nc2ccc(F)c(F)c2)c2cccc(Nc3c(O)c(=O)c3=O)c2)cc1.Cl. The van der Waals surface area contributed by atoms with Gasteiger partial charge < -0.3 is 15.7 Å². The van der Waals surface area contributed by atoms with E-state index in [-0.39, 0.29) is 30.3 Å². The monoisotopic (exact) mass is 499 g/mol. The van der Waals surface area contributed by atoms with Crippen LogP contribution < -0.4 is 26.8 Å². The van der Waals surface area contributed by atoms with Crippen LogP contribution in [0.2, 0.25) is 0 Å². The largest absolute Gasteiger partial charge is 0.502 e. The van der Waals surface area contributed by atoms with E-state index in [1.54, 1.807) is 18.2 Å². The van der Waals surface area contributed by atoms with Crippen LogP contribution in [-0.4, -0.2) is 11.3 Å². The van der Waals surface area contributed by atoms with Gasteiger partial charge in [-0.2, -0.15) is 0 Å². The Hall–Kier alpha value is -3.75. The number of hydrogen-bond donors (Lipinski definition) is 4. The van der Waals surface area contributed by atoms with Gasteiger partial charge in [-0.05, 0) is 49.2 Å². The van der Waals surface area contributed by atoms with Gasteiger partial charge in [0.2, 0.25) is 0 Å². The van der Waals surface area contributed by atoms with Gasteiger partial charge in [0.15, 0.2) is 17.4 Å². The van der Waals surface area contributed by atoms with Crippen molar-refractivity contribution < 1.29 is 13.9 Å². The molecule has 2 atom stereocenters. The molecule has 0 aliphatic heterocycles. The topological polar surface area (TPSA) is 90.5 Å². The van der Waals surface area contributed by atoms with Gasteiger partial charge in [-0.25, -0.2) is 8.78 Å². The summed E-state index contributed by atoms with van der Waals surface area (Å²) in [7, 11) is 0. The molecular formula is C26H24ClF2N3O3. The zero-order valence-electron chi connectivity index (χ0n) is 18.9. The van der Waals surface area contributed by atoms with Crippen molar-refractivity contribution in [2.75, 3.05) is 10.6 Å². The van der Waals surface area contributed by atoms with Crippen molar-refractivity contribution in [2.45, 2.75) is 26.1 Å². The van der Waals surface area contributed by atoms with E-state index in [0.717, 1.165) is 28.8 Å². The van der Waals surface area contributed by atoms with Gasteiger partial charge in [0, 0.05) is 17.4 Å². The highest BCUT2D eigenvalue weighted by Gasteiger charge is 2.21. The fourth-order valence-electron chi connectivity index (χ4n) is 3.71. The molecule has 0 fully saturated rings. The van der Waals surface area contributed by atoms with Gasteiger partial charge in [0.25, 0.3) is 10.9 Å². The van der Waals surface area contributed by atoms with Crippen LogP contribution in [0.3, 0.4) is 0 Å². The fourth-order valence-corrected chi connectivity index (χ4v) is 3.71. The molecule has 6 nitrogen and oxygen atoms in total. The Bertz CT molecular complexity index is 1400. The third kappa shape index (κ3) is 5.67. The lowest BCUT2D eigenvalue weighted by Crippen LogP contribution is -2.37. The van der Waals surface area contributed by atoms with Crippen molar-refractivity contribution in [3.05, 3.63) is 116 Å². The zero-order valence-corrected chi connectivity index (χ0v) is 19.7. The Labute approximate surface area is 206 Å². The van der Waals surface area contributed by atoms with E-state index in [1.165, 1.54) is 6.07 Å². The normalized spacial score (nSPS) is 12.6. The van der Waals surface area contributed by atoms with Gasteiger partial charge in [-0.15, -0.1) is 12.4 Å². The first-order valence-corrected chi connectivity index (χ1v) is 10.7. The lowest BCUT2D eigenvalue weighted by Gasteiger charge is -2.26. The van der Waals surface area contributed by atoms with Crippen molar-refractivity contribution in [3.63, 3.8) is 0 Å². The number of rotatable bonds is 8. The van der Waals surface area contributed by atoms with Crippen molar-refractivity contribution in [2.24, 2.45) is 0 Å². The first-order valence-electron chi connectivity index (χ1n) is 10.7. The lowest BCUT2D eigenvalue weighted by atomic mass is 9.97. The molecule has 1 unspecified atom stereocenters. The molecule has 4 aromatic carbocycles. The third-order valence-corrected chi connectivity index (χ3v) is 5.50. The second-order valence-electron chi connectivity index (χ2n) is 8.14. The summed E-state index contributed by atoms with van der Waals surface area (Å²) < 4.78 is 26.9. The molecule has 0 saturated carbocycles. The first-order chi connectivity index (χ1) is 16.2. The Kier molecular flexibility index (Phi) is 7.89. The number of benzene rings is 3. The summed E-state index contributed by atoms with van der Waals surface area (Å²) in [5, 5.41) is 19.0. The lowest BCUT2D eigenvalue weighted by molar-refractivity contribution is 0.466. The molecule has 0 aromatic heterocycles. The first kappa shape index (κ1) is 25.9. The van der Waals surface area contributed by atoms with Gasteiger partial charge in [-0.1, -0.05) is 42.0 Å². The van der Waals surface area contributed by atoms with E-state index < -0.39 is 28.2 Å². The summed E-state index contributed by atoms with van der Waals surface area (Å²) in [5.41, 5.74) is 2.05. The minimum absolute atomic E-state index is 0. The number of hydrogen-bond acceptors (Lipinski definition) is 6. The van der Waals surface area contributed by atoms with Crippen LogP contribution in [0.25, 0.3) is 0 Å². The Morgan fingerprint density at radius 2 is 1.54 bits per heavy atom. The summed E-state index contributed by atoms with van der Waals surface area (Å²) in [5.74, 6) is -2.43. The molecule has 4 aromatic rings. The molecule has 4 rings (SSSR count). The third-order valence-electron chi connectivity index (χ3n) is 5.50. The second kappa shape index (κ2) is 10.7. The molecule has 0 radical (unpaired) electrons. The number of nitrogens with one attached hydrogen (secondary N) is 3. The summed E-state index contributed by atoms with van der Waals surface area (Å²) in [6, 6.07) is 18.5. The number of aromatic hydroxyl groups is 1. The van der Waals surface area contributed by atoms with Crippen LogP contribution in [0.4, 0.5) is 25.8 Å². The maximum Gasteiger partial charge on any atom is 0.271 e. The van der Waals surface area contributed by atoms with Gasteiger partial charge in [0.05, 0.1) is 12.2 Å². The molecule has 0 heterocycles. The molecule has 0 spiro atoms. The van der Waals surface area contributed by atoms with Crippen LogP contribution in [-0.2, 0) is 0 Å². The smallest absolute Gasteiger partial charge is 0.271 e. The number of aryl methyl sites for hydroxylation is 1. The van der Waals surface area contributed by atoms with Crippen LogP contribution in [0.15, 0.2) is 76.3 Å². The minimum atomic E-state index is -0.937. The predicted molar refractivity (Wildman–Crippen MR) is 136 cm³/mol. The van der Waals surface area contributed by atoms with Gasteiger partial charge in [0.1, 0.15) is 5.69 Å². The Morgan fingerprint density at radius 3 is 2.20 bits per heavy atom. The van der Waals surface area contributed by atoms with Crippen molar-refractivity contribution in [1.82, 2.24) is 5.32 Å². The quantitative estimate of drug-likeness (QED) is 0.204. The molecule has 0 bridgehead atoms. The molecular weight excluding hydrogens is 476 g/mol. The summed E-state index contributed by atoms with van der Waals surface area (Å²) in [6.45, 7) is 3.84. The molecule has 0 saturated heterocycles. The van der Waals surface area contributed by atoms with E-state index in [1.807, 2.05) is 44.2 Å². The Morgan fingerprint density at radius 1 is 0.829 bits per heavy atom. The minimum Gasteiger partial charge on any atom is -0.502 e. The van der Waals surface area contributed by atoms with E-state index >= 15 is 0 Å². The fraction of sp³-hybridized carbons (Fsp3) is 0.154. The zero-order chi connectivity index (χ0) is 24.4. The van der Waals surface area contributed by atoms with Crippen LogP contribution in [0.5, 0.6) is 5.75 Å². The maximum atomic E-state index is 13.6. The second-order valence-corrected chi connectivity index (χ2v) is 8.14. The molecule has 9 heteroatoms. The van der Waals surface area contributed by atoms with E-state index in [2.05, 4.69) is 16.0 Å². The molecule has 182 valence electrons. The molecule has 0 aliphatic rings. The molecule has 0 aliphatic carbocycles.